The minimum absolute atomic E-state index is 0.0284. The molecule has 1 aromatic heterocycles. The summed E-state index contributed by atoms with van der Waals surface area (Å²) < 4.78 is 0. The lowest BCUT2D eigenvalue weighted by Crippen LogP contribution is -2.34. The van der Waals surface area contributed by atoms with Crippen molar-refractivity contribution in [2.75, 3.05) is 11.9 Å². The molecule has 0 radical (unpaired) electrons. The smallest absolute Gasteiger partial charge is 0.245 e. The van der Waals surface area contributed by atoms with E-state index in [1.54, 1.807) is 0 Å². The second-order valence-corrected chi connectivity index (χ2v) is 8.21. The van der Waals surface area contributed by atoms with Gasteiger partial charge in [-0.2, -0.15) is 0 Å². The molecule has 2 amide bonds. The molecule has 1 aromatic rings. The molecule has 0 aliphatic carbocycles. The maximum absolute atomic E-state index is 11.8. The van der Waals surface area contributed by atoms with Crippen molar-refractivity contribution in [1.29, 1.82) is 0 Å². The van der Waals surface area contributed by atoms with E-state index in [-0.39, 0.29) is 29.2 Å². The molecule has 0 spiro atoms. The van der Waals surface area contributed by atoms with E-state index in [0.717, 1.165) is 5.69 Å². The first kappa shape index (κ1) is 17.6. The summed E-state index contributed by atoms with van der Waals surface area (Å²) in [6.07, 6.45) is 0.395. The normalized spacial score (nSPS) is 12.1. The summed E-state index contributed by atoms with van der Waals surface area (Å²) in [5.74, 6) is -0.376. The van der Waals surface area contributed by atoms with Gasteiger partial charge in [0, 0.05) is 17.2 Å². The number of anilines is 1. The van der Waals surface area contributed by atoms with E-state index >= 15 is 0 Å². The highest BCUT2D eigenvalue weighted by Gasteiger charge is 2.19. The van der Waals surface area contributed by atoms with Crippen molar-refractivity contribution < 1.29 is 9.59 Å². The molecule has 1 heterocycles. The Morgan fingerprint density at radius 2 is 1.76 bits per heavy atom. The highest BCUT2D eigenvalue weighted by molar-refractivity contribution is 7.13. The van der Waals surface area contributed by atoms with Gasteiger partial charge in [-0.25, -0.2) is 4.98 Å². The van der Waals surface area contributed by atoms with Crippen LogP contribution >= 0.6 is 11.3 Å². The van der Waals surface area contributed by atoms with E-state index in [9.17, 15) is 9.59 Å². The van der Waals surface area contributed by atoms with Crippen LogP contribution in [0.1, 0.15) is 53.7 Å². The summed E-state index contributed by atoms with van der Waals surface area (Å²) in [5, 5.41) is 7.83. The van der Waals surface area contributed by atoms with Crippen molar-refractivity contribution in [1.82, 2.24) is 10.3 Å². The number of thiazole rings is 1. The lowest BCUT2D eigenvalue weighted by molar-refractivity contribution is -0.125. The maximum atomic E-state index is 11.8. The van der Waals surface area contributed by atoms with Crippen molar-refractivity contribution in [3.8, 4) is 0 Å². The van der Waals surface area contributed by atoms with Gasteiger partial charge in [0.25, 0.3) is 0 Å². The first-order valence-electron chi connectivity index (χ1n) is 7.00. The van der Waals surface area contributed by atoms with Crippen molar-refractivity contribution in [2.24, 2.45) is 5.41 Å². The van der Waals surface area contributed by atoms with Gasteiger partial charge in [-0.15, -0.1) is 11.3 Å². The van der Waals surface area contributed by atoms with E-state index in [1.807, 2.05) is 26.2 Å². The number of nitrogens with one attached hydrogen (secondary N) is 2. The molecule has 0 atom stereocenters. The molecule has 21 heavy (non-hydrogen) atoms. The van der Waals surface area contributed by atoms with E-state index in [1.165, 1.54) is 11.3 Å². The minimum atomic E-state index is -0.257. The molecule has 0 aliphatic rings. The third-order valence-corrected chi connectivity index (χ3v) is 3.41. The summed E-state index contributed by atoms with van der Waals surface area (Å²) in [7, 11) is 0. The third kappa shape index (κ3) is 6.71. The van der Waals surface area contributed by atoms with Gasteiger partial charge in [0.1, 0.15) is 0 Å². The minimum Gasteiger partial charge on any atom is -0.347 e. The SMILES string of the molecule is CC(C)(C)CC(=O)NCC(=O)Nc1nc(C(C)(C)C)cs1. The Bertz CT molecular complexity index is 510. The average Bonchev–Trinajstić information content (AvgIpc) is 2.72. The third-order valence-electron chi connectivity index (χ3n) is 2.66. The molecular weight excluding hydrogens is 286 g/mol. The zero-order chi connectivity index (χ0) is 16.3. The fourth-order valence-corrected chi connectivity index (χ4v) is 2.52. The first-order valence-corrected chi connectivity index (χ1v) is 7.88. The molecule has 0 unspecified atom stereocenters. The summed E-state index contributed by atoms with van der Waals surface area (Å²) in [6.45, 7) is 12.1. The van der Waals surface area contributed by atoms with Crippen LogP contribution in [0.3, 0.4) is 0 Å². The molecule has 0 aromatic carbocycles. The van der Waals surface area contributed by atoms with Crippen LogP contribution in [0.5, 0.6) is 0 Å². The van der Waals surface area contributed by atoms with Gasteiger partial charge in [0.05, 0.1) is 12.2 Å². The monoisotopic (exact) mass is 311 g/mol. The second-order valence-electron chi connectivity index (χ2n) is 7.35. The standard InChI is InChI=1S/C15H25N3O2S/c1-14(2,3)7-11(19)16-8-12(20)18-13-17-10(9-21-13)15(4,5)6/h9H,7-8H2,1-6H3,(H,16,19)(H,17,18,20). The van der Waals surface area contributed by atoms with Crippen molar-refractivity contribution in [2.45, 2.75) is 53.4 Å². The fourth-order valence-electron chi connectivity index (χ4n) is 1.56. The topological polar surface area (TPSA) is 71.1 Å². The highest BCUT2D eigenvalue weighted by atomic mass is 32.1. The molecule has 0 aliphatic heterocycles. The van der Waals surface area contributed by atoms with E-state index in [4.69, 9.17) is 0 Å². The van der Waals surface area contributed by atoms with Crippen LogP contribution in [0, 0.1) is 5.41 Å². The zero-order valence-corrected chi connectivity index (χ0v) is 14.5. The Balaban J connectivity index is 2.44. The number of amides is 2. The van der Waals surface area contributed by atoms with Crippen molar-refractivity contribution in [3.63, 3.8) is 0 Å². The summed E-state index contributed by atoms with van der Waals surface area (Å²) in [6, 6.07) is 0. The number of aromatic nitrogens is 1. The van der Waals surface area contributed by atoms with Gasteiger partial charge in [-0.05, 0) is 5.41 Å². The summed E-state index contributed by atoms with van der Waals surface area (Å²) in [5.41, 5.74) is 0.817. The Morgan fingerprint density at radius 3 is 2.24 bits per heavy atom. The quantitative estimate of drug-likeness (QED) is 0.898. The van der Waals surface area contributed by atoms with Crippen LogP contribution in [-0.2, 0) is 15.0 Å². The summed E-state index contributed by atoms with van der Waals surface area (Å²) in [4.78, 5) is 27.8. The lowest BCUT2D eigenvalue weighted by Gasteiger charge is -2.17. The summed E-state index contributed by atoms with van der Waals surface area (Å²) >= 11 is 1.39. The van der Waals surface area contributed by atoms with E-state index in [0.29, 0.717) is 11.6 Å². The molecule has 6 heteroatoms. The molecule has 118 valence electrons. The molecule has 2 N–H and O–H groups in total. The molecular formula is C15H25N3O2S. The van der Waals surface area contributed by atoms with E-state index in [2.05, 4.69) is 36.4 Å². The van der Waals surface area contributed by atoms with Gasteiger partial charge < -0.3 is 10.6 Å². The number of carbonyl (C=O) groups is 2. The number of hydrogen-bond donors (Lipinski definition) is 2. The second kappa shape index (κ2) is 6.56. The van der Waals surface area contributed by atoms with Crippen LogP contribution in [-0.4, -0.2) is 23.3 Å². The number of hydrogen-bond acceptors (Lipinski definition) is 4. The molecule has 0 saturated carbocycles. The lowest BCUT2D eigenvalue weighted by atomic mass is 9.92. The first-order chi connectivity index (χ1) is 9.47. The maximum Gasteiger partial charge on any atom is 0.245 e. The Labute approximate surface area is 130 Å². The average molecular weight is 311 g/mol. The predicted molar refractivity (Wildman–Crippen MR) is 86.5 cm³/mol. The number of carbonyl (C=O) groups excluding carboxylic acids is 2. The molecule has 0 saturated heterocycles. The van der Waals surface area contributed by atoms with Crippen LogP contribution in [0.4, 0.5) is 5.13 Å². The van der Waals surface area contributed by atoms with Crippen LogP contribution in [0.25, 0.3) is 0 Å². The number of nitrogens with zero attached hydrogens (tertiary/aromatic N) is 1. The highest BCUT2D eigenvalue weighted by Crippen LogP contribution is 2.26. The van der Waals surface area contributed by atoms with E-state index < -0.39 is 0 Å². The van der Waals surface area contributed by atoms with Gasteiger partial charge in [-0.1, -0.05) is 41.5 Å². The zero-order valence-electron chi connectivity index (χ0n) is 13.7. The Morgan fingerprint density at radius 1 is 1.14 bits per heavy atom. The van der Waals surface area contributed by atoms with Gasteiger partial charge in [0.2, 0.25) is 11.8 Å². The van der Waals surface area contributed by atoms with Gasteiger partial charge >= 0.3 is 0 Å². The Kier molecular flexibility index (Phi) is 5.50. The van der Waals surface area contributed by atoms with Gasteiger partial charge in [-0.3, -0.25) is 9.59 Å². The largest absolute Gasteiger partial charge is 0.347 e. The predicted octanol–water partition coefficient (Wildman–Crippen LogP) is 2.93. The Hall–Kier alpha value is -1.43. The molecule has 0 bridgehead atoms. The fraction of sp³-hybridized carbons (Fsp3) is 0.667. The molecule has 0 fully saturated rings. The van der Waals surface area contributed by atoms with Crippen LogP contribution in [0.2, 0.25) is 0 Å². The number of rotatable bonds is 4. The van der Waals surface area contributed by atoms with Crippen molar-refractivity contribution in [3.05, 3.63) is 11.1 Å². The molecule has 1 rings (SSSR count). The van der Waals surface area contributed by atoms with Crippen molar-refractivity contribution >= 4 is 28.3 Å². The van der Waals surface area contributed by atoms with Crippen LogP contribution < -0.4 is 10.6 Å². The van der Waals surface area contributed by atoms with Crippen LogP contribution in [0.15, 0.2) is 5.38 Å². The molecule has 5 nitrogen and oxygen atoms in total. The van der Waals surface area contributed by atoms with Gasteiger partial charge in [0.15, 0.2) is 5.13 Å².